The number of aromatic nitrogens is 2. The molecule has 0 saturated heterocycles. The molecule has 0 amide bonds. The molecular weight excluding hydrogens is 222 g/mol. The minimum absolute atomic E-state index is 0.466. The van der Waals surface area contributed by atoms with Gasteiger partial charge in [0.15, 0.2) is 0 Å². The normalized spacial score (nSPS) is 12.6. The first-order chi connectivity index (χ1) is 8.81. The van der Waals surface area contributed by atoms with Crippen molar-refractivity contribution in [2.75, 3.05) is 0 Å². The highest BCUT2D eigenvalue weighted by molar-refractivity contribution is 5.14. The van der Waals surface area contributed by atoms with Crippen LogP contribution in [0.2, 0.25) is 0 Å². The van der Waals surface area contributed by atoms with Crippen molar-refractivity contribution in [3.8, 4) is 0 Å². The largest absolute Gasteiger partial charge is 0.307 e. The van der Waals surface area contributed by atoms with Crippen LogP contribution in [0, 0.1) is 0 Å². The average Bonchev–Trinajstić information content (AvgIpc) is 2.87. The fourth-order valence-electron chi connectivity index (χ4n) is 1.98. The van der Waals surface area contributed by atoms with Gasteiger partial charge in [0.2, 0.25) is 0 Å². The van der Waals surface area contributed by atoms with Crippen molar-refractivity contribution in [2.45, 2.75) is 39.4 Å². The Morgan fingerprint density at radius 3 is 2.67 bits per heavy atom. The van der Waals surface area contributed by atoms with E-state index in [2.05, 4.69) is 59.3 Å². The van der Waals surface area contributed by atoms with Gasteiger partial charge in [-0.25, -0.2) is 0 Å². The van der Waals surface area contributed by atoms with Gasteiger partial charge >= 0.3 is 0 Å². The summed E-state index contributed by atoms with van der Waals surface area (Å²) in [7, 11) is 0. The van der Waals surface area contributed by atoms with Gasteiger partial charge in [-0.1, -0.05) is 37.3 Å². The van der Waals surface area contributed by atoms with Crippen molar-refractivity contribution in [3.63, 3.8) is 0 Å². The van der Waals surface area contributed by atoms with Crippen molar-refractivity contribution in [2.24, 2.45) is 0 Å². The fraction of sp³-hybridized carbons (Fsp3) is 0.400. The average molecular weight is 243 g/mol. The maximum absolute atomic E-state index is 4.39. The van der Waals surface area contributed by atoms with Gasteiger partial charge in [0.05, 0.1) is 5.69 Å². The monoisotopic (exact) mass is 243 g/mol. The van der Waals surface area contributed by atoms with Gasteiger partial charge in [-0.3, -0.25) is 4.68 Å². The summed E-state index contributed by atoms with van der Waals surface area (Å²) in [5, 5.41) is 7.85. The Morgan fingerprint density at radius 2 is 1.94 bits per heavy atom. The minimum atomic E-state index is 0.466. The maximum Gasteiger partial charge on any atom is 0.0525 e. The van der Waals surface area contributed by atoms with E-state index < -0.39 is 0 Å². The summed E-state index contributed by atoms with van der Waals surface area (Å²) in [6, 6.07) is 13.0. The first-order valence-electron chi connectivity index (χ1n) is 6.58. The topological polar surface area (TPSA) is 29.9 Å². The predicted octanol–water partition coefficient (Wildman–Crippen LogP) is 3.14. The first-order valence-corrected chi connectivity index (χ1v) is 6.58. The lowest BCUT2D eigenvalue weighted by Crippen LogP contribution is -2.18. The van der Waals surface area contributed by atoms with Crippen LogP contribution in [0.15, 0.2) is 42.6 Å². The molecule has 18 heavy (non-hydrogen) atoms. The van der Waals surface area contributed by atoms with Crippen LogP contribution in [0.3, 0.4) is 0 Å². The summed E-state index contributed by atoms with van der Waals surface area (Å²) in [4.78, 5) is 0. The molecule has 0 fully saturated rings. The van der Waals surface area contributed by atoms with E-state index >= 15 is 0 Å². The number of nitrogens with one attached hydrogen (secondary N) is 1. The van der Waals surface area contributed by atoms with E-state index in [0.717, 1.165) is 19.5 Å². The first kappa shape index (κ1) is 12.8. The second-order valence-corrected chi connectivity index (χ2v) is 4.61. The van der Waals surface area contributed by atoms with E-state index in [1.165, 1.54) is 11.3 Å². The Kier molecular flexibility index (Phi) is 4.53. The zero-order valence-electron chi connectivity index (χ0n) is 11.1. The van der Waals surface area contributed by atoms with Gasteiger partial charge in [-0.2, -0.15) is 5.10 Å². The molecule has 1 aromatic carbocycles. The van der Waals surface area contributed by atoms with Crippen LogP contribution in [-0.4, -0.2) is 9.78 Å². The zero-order valence-corrected chi connectivity index (χ0v) is 11.1. The van der Waals surface area contributed by atoms with Crippen molar-refractivity contribution in [1.82, 2.24) is 15.1 Å². The lowest BCUT2D eigenvalue weighted by Gasteiger charge is -2.14. The summed E-state index contributed by atoms with van der Waals surface area (Å²) in [5.41, 5.74) is 2.56. The van der Waals surface area contributed by atoms with Crippen molar-refractivity contribution >= 4 is 0 Å². The molecule has 0 bridgehead atoms. The minimum Gasteiger partial charge on any atom is -0.307 e. The van der Waals surface area contributed by atoms with Crippen LogP contribution in [-0.2, 0) is 13.1 Å². The quantitative estimate of drug-likeness (QED) is 0.844. The van der Waals surface area contributed by atoms with E-state index in [-0.39, 0.29) is 0 Å². The molecule has 1 atom stereocenters. The Hall–Kier alpha value is -1.61. The second kappa shape index (κ2) is 6.36. The number of hydrogen-bond acceptors (Lipinski definition) is 2. The zero-order chi connectivity index (χ0) is 12.8. The van der Waals surface area contributed by atoms with Crippen LogP contribution in [0.25, 0.3) is 0 Å². The summed E-state index contributed by atoms with van der Waals surface area (Å²) in [6.07, 6.45) is 2.99. The highest BCUT2D eigenvalue weighted by Gasteiger charge is 2.07. The summed E-state index contributed by atoms with van der Waals surface area (Å²) >= 11 is 0. The van der Waals surface area contributed by atoms with Crippen LogP contribution in [0.4, 0.5) is 0 Å². The van der Waals surface area contributed by atoms with E-state index in [1.54, 1.807) is 0 Å². The third-order valence-electron chi connectivity index (χ3n) is 3.24. The van der Waals surface area contributed by atoms with E-state index in [9.17, 15) is 0 Å². The van der Waals surface area contributed by atoms with Crippen LogP contribution in [0.1, 0.15) is 37.6 Å². The van der Waals surface area contributed by atoms with Gasteiger partial charge in [-0.05, 0) is 25.0 Å². The third kappa shape index (κ3) is 3.20. The molecule has 3 heteroatoms. The molecule has 0 aliphatic heterocycles. The molecule has 1 heterocycles. The molecule has 2 rings (SSSR count). The van der Waals surface area contributed by atoms with Gasteiger partial charge < -0.3 is 5.32 Å². The Labute approximate surface area is 109 Å². The van der Waals surface area contributed by atoms with Gasteiger partial charge in [0.25, 0.3) is 0 Å². The molecule has 1 aromatic heterocycles. The van der Waals surface area contributed by atoms with Crippen LogP contribution >= 0.6 is 0 Å². The lowest BCUT2D eigenvalue weighted by molar-refractivity contribution is 0.451. The molecular formula is C15H21N3. The Bertz CT molecular complexity index is 462. The molecule has 2 aromatic rings. The van der Waals surface area contributed by atoms with Crippen molar-refractivity contribution in [3.05, 3.63) is 53.9 Å². The van der Waals surface area contributed by atoms with E-state index in [1.807, 2.05) is 12.3 Å². The molecule has 0 saturated carbocycles. The highest BCUT2D eigenvalue weighted by atomic mass is 15.3. The molecule has 0 aliphatic rings. The summed E-state index contributed by atoms with van der Waals surface area (Å²) in [5.74, 6) is 0. The molecule has 96 valence electrons. The Morgan fingerprint density at radius 1 is 1.17 bits per heavy atom. The molecule has 0 radical (unpaired) electrons. The number of benzene rings is 1. The molecule has 3 nitrogen and oxygen atoms in total. The van der Waals surface area contributed by atoms with E-state index in [0.29, 0.717) is 6.04 Å². The van der Waals surface area contributed by atoms with Gasteiger partial charge in [-0.15, -0.1) is 0 Å². The summed E-state index contributed by atoms with van der Waals surface area (Å²) in [6.45, 7) is 6.15. The van der Waals surface area contributed by atoms with Crippen LogP contribution in [0.5, 0.6) is 0 Å². The third-order valence-corrected chi connectivity index (χ3v) is 3.24. The smallest absolute Gasteiger partial charge is 0.0525 e. The number of nitrogens with zero attached hydrogens (tertiary/aromatic N) is 2. The van der Waals surface area contributed by atoms with Crippen LogP contribution < -0.4 is 5.32 Å². The molecule has 0 unspecified atom stereocenters. The predicted molar refractivity (Wildman–Crippen MR) is 74.2 cm³/mol. The number of rotatable bonds is 6. The second-order valence-electron chi connectivity index (χ2n) is 4.61. The SMILES string of the molecule is CC[C@@H](C)n1nccc1CNCc1ccccc1. The van der Waals surface area contributed by atoms with Gasteiger partial charge in [0.1, 0.15) is 0 Å². The molecule has 0 aliphatic carbocycles. The van der Waals surface area contributed by atoms with Gasteiger partial charge in [0, 0.05) is 25.3 Å². The lowest BCUT2D eigenvalue weighted by atomic mass is 10.2. The fourth-order valence-corrected chi connectivity index (χ4v) is 1.98. The highest BCUT2D eigenvalue weighted by Crippen LogP contribution is 2.12. The summed E-state index contributed by atoms with van der Waals surface area (Å²) < 4.78 is 2.11. The Balaban J connectivity index is 1.89. The van der Waals surface area contributed by atoms with E-state index in [4.69, 9.17) is 0 Å². The molecule has 1 N–H and O–H groups in total. The molecule has 0 spiro atoms. The standard InChI is InChI=1S/C15H21N3/c1-3-13(2)18-15(9-10-17-18)12-16-11-14-7-5-4-6-8-14/h4-10,13,16H,3,11-12H2,1-2H3/t13-/m1/s1. The maximum atomic E-state index is 4.39. The van der Waals surface area contributed by atoms with Crippen molar-refractivity contribution in [1.29, 1.82) is 0 Å². The number of hydrogen-bond donors (Lipinski definition) is 1. The van der Waals surface area contributed by atoms with Crippen molar-refractivity contribution < 1.29 is 0 Å².